The van der Waals surface area contributed by atoms with Gasteiger partial charge >= 0.3 is 5.97 Å². The van der Waals surface area contributed by atoms with Gasteiger partial charge in [0.1, 0.15) is 23.1 Å². The Labute approximate surface area is 99.5 Å². The molecule has 0 aromatic heterocycles. The number of nitrogens with zero attached hydrogens (tertiary/aromatic N) is 1. The molecule has 0 saturated carbocycles. The van der Waals surface area contributed by atoms with E-state index in [-0.39, 0.29) is 12.2 Å². The lowest BCUT2D eigenvalue weighted by molar-refractivity contribution is 0.0522. The highest BCUT2D eigenvalue weighted by Gasteiger charge is 2.17. The van der Waals surface area contributed by atoms with Crippen LogP contribution in [-0.4, -0.2) is 26.8 Å². The molecule has 5 heteroatoms. The molecule has 1 aromatic carbocycles. The number of carbonyl (C=O) groups excluding carboxylic acids is 1. The van der Waals surface area contributed by atoms with Crippen LogP contribution >= 0.6 is 0 Å². The van der Waals surface area contributed by atoms with Crippen LogP contribution in [-0.2, 0) is 4.74 Å². The van der Waals surface area contributed by atoms with Gasteiger partial charge in [-0.15, -0.1) is 0 Å². The van der Waals surface area contributed by atoms with Crippen molar-refractivity contribution in [2.24, 2.45) is 0 Å². The average Bonchev–Trinajstić information content (AvgIpc) is 2.37. The lowest BCUT2D eigenvalue weighted by Crippen LogP contribution is -2.07. The van der Waals surface area contributed by atoms with Gasteiger partial charge in [-0.2, -0.15) is 5.26 Å². The van der Waals surface area contributed by atoms with Gasteiger partial charge in [0.05, 0.1) is 26.4 Å². The summed E-state index contributed by atoms with van der Waals surface area (Å²) in [4.78, 5) is 11.7. The first-order valence-corrected chi connectivity index (χ1v) is 5.01. The van der Waals surface area contributed by atoms with Gasteiger partial charge in [-0.05, 0) is 13.0 Å². The van der Waals surface area contributed by atoms with E-state index in [2.05, 4.69) is 0 Å². The summed E-state index contributed by atoms with van der Waals surface area (Å²) in [7, 11) is 2.85. The van der Waals surface area contributed by atoms with Crippen molar-refractivity contribution < 1.29 is 19.0 Å². The molecule has 1 aromatic rings. The highest BCUT2D eigenvalue weighted by atomic mass is 16.5. The number of nitriles is 1. The van der Waals surface area contributed by atoms with Crippen molar-refractivity contribution in [3.63, 3.8) is 0 Å². The zero-order chi connectivity index (χ0) is 12.8. The third-order valence-electron chi connectivity index (χ3n) is 2.14. The second kappa shape index (κ2) is 5.75. The van der Waals surface area contributed by atoms with Crippen molar-refractivity contribution in [1.82, 2.24) is 0 Å². The monoisotopic (exact) mass is 235 g/mol. The number of esters is 1. The third-order valence-corrected chi connectivity index (χ3v) is 2.14. The maximum Gasteiger partial charge on any atom is 0.342 e. The molecule has 0 amide bonds. The Bertz CT molecular complexity index is 462. The normalized spacial score (nSPS) is 9.29. The van der Waals surface area contributed by atoms with Crippen LogP contribution in [0.15, 0.2) is 12.1 Å². The lowest BCUT2D eigenvalue weighted by Gasteiger charge is -2.10. The fourth-order valence-electron chi connectivity index (χ4n) is 1.35. The van der Waals surface area contributed by atoms with Crippen LogP contribution in [0.4, 0.5) is 0 Å². The van der Waals surface area contributed by atoms with Crippen LogP contribution in [0.25, 0.3) is 0 Å². The third kappa shape index (κ3) is 2.67. The molecule has 0 radical (unpaired) electrons. The highest BCUT2D eigenvalue weighted by Crippen LogP contribution is 2.28. The zero-order valence-electron chi connectivity index (χ0n) is 9.94. The summed E-state index contributed by atoms with van der Waals surface area (Å²) < 4.78 is 15.0. The van der Waals surface area contributed by atoms with Crippen molar-refractivity contribution >= 4 is 5.97 Å². The molecule has 0 saturated heterocycles. The first kappa shape index (κ1) is 12.8. The average molecular weight is 235 g/mol. The number of hydrogen-bond donors (Lipinski definition) is 0. The second-order valence-electron chi connectivity index (χ2n) is 3.09. The van der Waals surface area contributed by atoms with Gasteiger partial charge in [0.25, 0.3) is 0 Å². The largest absolute Gasteiger partial charge is 0.496 e. The van der Waals surface area contributed by atoms with E-state index in [0.717, 1.165) is 0 Å². The van der Waals surface area contributed by atoms with Crippen molar-refractivity contribution in [3.05, 3.63) is 23.3 Å². The molecular formula is C12H13NO4. The van der Waals surface area contributed by atoms with Gasteiger partial charge in [0.2, 0.25) is 0 Å². The van der Waals surface area contributed by atoms with E-state index >= 15 is 0 Å². The van der Waals surface area contributed by atoms with Crippen molar-refractivity contribution in [3.8, 4) is 17.6 Å². The number of carbonyl (C=O) groups is 1. The molecular weight excluding hydrogens is 222 g/mol. The first-order chi connectivity index (χ1) is 8.17. The molecule has 90 valence electrons. The van der Waals surface area contributed by atoms with Crippen LogP contribution in [0.5, 0.6) is 11.5 Å². The number of benzene rings is 1. The minimum absolute atomic E-state index is 0.241. The SMILES string of the molecule is CCOC(=O)c1cc(OC)c(C#N)cc1OC. The van der Waals surface area contributed by atoms with Crippen LogP contribution in [0.1, 0.15) is 22.8 Å². The highest BCUT2D eigenvalue weighted by molar-refractivity contribution is 5.93. The molecule has 0 bridgehead atoms. The van der Waals surface area contributed by atoms with Gasteiger partial charge < -0.3 is 14.2 Å². The fourth-order valence-corrected chi connectivity index (χ4v) is 1.35. The van der Waals surface area contributed by atoms with Gasteiger partial charge in [-0.1, -0.05) is 0 Å². The predicted octanol–water partition coefficient (Wildman–Crippen LogP) is 1.75. The second-order valence-corrected chi connectivity index (χ2v) is 3.09. The van der Waals surface area contributed by atoms with Crippen LogP contribution in [0, 0.1) is 11.3 Å². The van der Waals surface area contributed by atoms with Gasteiger partial charge in [0.15, 0.2) is 0 Å². The summed E-state index contributed by atoms with van der Waals surface area (Å²) in [5.41, 5.74) is 0.544. The molecule has 0 heterocycles. The smallest absolute Gasteiger partial charge is 0.342 e. The topological polar surface area (TPSA) is 68.5 Å². The number of rotatable bonds is 4. The Kier molecular flexibility index (Phi) is 4.35. The summed E-state index contributed by atoms with van der Waals surface area (Å²) in [6.45, 7) is 1.98. The van der Waals surface area contributed by atoms with Crippen LogP contribution in [0.3, 0.4) is 0 Å². The minimum Gasteiger partial charge on any atom is -0.496 e. The van der Waals surface area contributed by atoms with E-state index in [1.54, 1.807) is 6.92 Å². The Balaban J connectivity index is 3.29. The van der Waals surface area contributed by atoms with E-state index in [4.69, 9.17) is 19.5 Å². The summed E-state index contributed by atoms with van der Waals surface area (Å²) in [6, 6.07) is 4.85. The van der Waals surface area contributed by atoms with Gasteiger partial charge in [-0.25, -0.2) is 4.79 Å². The molecule has 0 atom stereocenters. The molecule has 0 aliphatic rings. The summed E-state index contributed by atoms with van der Waals surface area (Å²) in [5.74, 6) is 0.101. The molecule has 0 N–H and O–H groups in total. The Morgan fingerprint density at radius 3 is 2.41 bits per heavy atom. The van der Waals surface area contributed by atoms with Crippen molar-refractivity contribution in [2.45, 2.75) is 6.92 Å². The quantitative estimate of drug-likeness (QED) is 0.743. The van der Waals surface area contributed by atoms with Crippen molar-refractivity contribution in [2.75, 3.05) is 20.8 Å². The van der Waals surface area contributed by atoms with E-state index < -0.39 is 5.97 Å². The molecule has 0 fully saturated rings. The molecule has 0 aliphatic heterocycles. The number of hydrogen-bond acceptors (Lipinski definition) is 5. The molecule has 17 heavy (non-hydrogen) atoms. The fraction of sp³-hybridized carbons (Fsp3) is 0.333. The molecule has 0 unspecified atom stereocenters. The van der Waals surface area contributed by atoms with Gasteiger partial charge in [-0.3, -0.25) is 0 Å². The Hall–Kier alpha value is -2.22. The van der Waals surface area contributed by atoms with E-state index in [0.29, 0.717) is 17.1 Å². The van der Waals surface area contributed by atoms with E-state index in [1.165, 1.54) is 26.4 Å². The van der Waals surface area contributed by atoms with Gasteiger partial charge in [0, 0.05) is 6.07 Å². The minimum atomic E-state index is -0.507. The number of methoxy groups -OCH3 is 2. The summed E-state index contributed by atoms with van der Waals surface area (Å²) in [6.07, 6.45) is 0. The predicted molar refractivity (Wildman–Crippen MR) is 60.2 cm³/mol. The molecule has 0 aliphatic carbocycles. The Morgan fingerprint density at radius 1 is 1.29 bits per heavy atom. The van der Waals surface area contributed by atoms with E-state index in [1.807, 2.05) is 6.07 Å². The van der Waals surface area contributed by atoms with Crippen LogP contribution < -0.4 is 9.47 Å². The molecule has 5 nitrogen and oxygen atoms in total. The zero-order valence-corrected chi connectivity index (χ0v) is 9.94. The van der Waals surface area contributed by atoms with E-state index in [9.17, 15) is 4.79 Å². The van der Waals surface area contributed by atoms with Crippen molar-refractivity contribution in [1.29, 1.82) is 5.26 Å². The number of ether oxygens (including phenoxy) is 3. The summed E-state index contributed by atoms with van der Waals surface area (Å²) >= 11 is 0. The first-order valence-electron chi connectivity index (χ1n) is 5.01. The molecule has 1 rings (SSSR count). The summed E-state index contributed by atoms with van der Waals surface area (Å²) in [5, 5.41) is 8.90. The Morgan fingerprint density at radius 2 is 1.94 bits per heavy atom. The standard InChI is InChI=1S/C12H13NO4/c1-4-17-12(14)9-6-10(15-2)8(7-13)5-11(9)16-3/h5-6H,4H2,1-3H3. The molecule has 0 spiro atoms. The maximum atomic E-state index is 11.7. The van der Waals surface area contributed by atoms with Crippen LogP contribution in [0.2, 0.25) is 0 Å². The lowest BCUT2D eigenvalue weighted by atomic mass is 10.1. The maximum absolute atomic E-state index is 11.7.